The van der Waals surface area contributed by atoms with Crippen molar-refractivity contribution in [1.82, 2.24) is 0 Å². The van der Waals surface area contributed by atoms with Crippen LogP contribution in [0.4, 0.5) is 0 Å². The lowest BCUT2D eigenvalue weighted by Gasteiger charge is -2.36. The minimum Gasteiger partial charge on any atom is -0.466 e. The first-order valence-electron chi connectivity index (χ1n) is 5.68. The van der Waals surface area contributed by atoms with E-state index < -0.39 is 8.32 Å². The molecule has 0 aliphatic heterocycles. The third kappa shape index (κ3) is 5.84. The van der Waals surface area contributed by atoms with Gasteiger partial charge in [0.1, 0.15) is 0 Å². The Hall–Kier alpha value is -0.873. The minimum atomic E-state index is -1.74. The van der Waals surface area contributed by atoms with Gasteiger partial charge in [-0.15, -0.1) is 0 Å². The van der Waals surface area contributed by atoms with E-state index in [4.69, 9.17) is 4.43 Å². The van der Waals surface area contributed by atoms with Crippen LogP contribution in [0.2, 0.25) is 18.1 Å². The van der Waals surface area contributed by atoms with Crippen molar-refractivity contribution in [1.29, 1.82) is 0 Å². The first-order chi connectivity index (χ1) is 7.60. The Bertz CT molecular complexity index is 311. The first-order valence-corrected chi connectivity index (χ1v) is 8.59. The van der Waals surface area contributed by atoms with E-state index in [0.29, 0.717) is 6.61 Å². The van der Waals surface area contributed by atoms with Gasteiger partial charge in [-0.25, -0.2) is 4.79 Å². The molecule has 98 valence electrons. The van der Waals surface area contributed by atoms with Crippen molar-refractivity contribution in [2.75, 3.05) is 13.7 Å². The number of rotatable bonds is 5. The van der Waals surface area contributed by atoms with Crippen molar-refractivity contribution in [3.05, 3.63) is 24.3 Å². The summed E-state index contributed by atoms with van der Waals surface area (Å²) in [5.74, 6) is -0.376. The Labute approximate surface area is 106 Å². The number of esters is 1. The molecule has 0 aliphatic rings. The second-order valence-electron chi connectivity index (χ2n) is 5.56. The standard InChI is InChI=1S/C13H24O3Si/c1-11(8-9-12(14)15-5)10-16-17(6,7)13(2,3)4/h8-9H,1,10H2,2-7H3/b9-8+. The zero-order valence-electron chi connectivity index (χ0n) is 11.8. The van der Waals surface area contributed by atoms with Crippen LogP contribution in [0, 0.1) is 0 Å². The highest BCUT2D eigenvalue weighted by molar-refractivity contribution is 6.74. The van der Waals surface area contributed by atoms with Crippen LogP contribution in [0.5, 0.6) is 0 Å². The Kier molecular flexibility index (Phi) is 5.85. The van der Waals surface area contributed by atoms with Gasteiger partial charge in [0.15, 0.2) is 8.32 Å². The van der Waals surface area contributed by atoms with Crippen LogP contribution in [0.1, 0.15) is 20.8 Å². The fraction of sp³-hybridized carbons (Fsp3) is 0.615. The molecule has 0 aromatic rings. The van der Waals surface area contributed by atoms with E-state index in [1.54, 1.807) is 6.08 Å². The average molecular weight is 256 g/mol. The summed E-state index contributed by atoms with van der Waals surface area (Å²) in [6.45, 7) is 15.2. The maximum Gasteiger partial charge on any atom is 0.330 e. The van der Waals surface area contributed by atoms with Crippen LogP contribution in [-0.4, -0.2) is 28.0 Å². The molecule has 17 heavy (non-hydrogen) atoms. The lowest BCUT2D eigenvalue weighted by molar-refractivity contribution is -0.134. The topological polar surface area (TPSA) is 35.5 Å². The minimum absolute atomic E-state index is 0.180. The second-order valence-corrected chi connectivity index (χ2v) is 10.4. The van der Waals surface area contributed by atoms with Gasteiger partial charge in [-0.2, -0.15) is 0 Å². The molecular weight excluding hydrogens is 232 g/mol. The summed E-state index contributed by atoms with van der Waals surface area (Å²) in [5, 5.41) is 0.180. The van der Waals surface area contributed by atoms with Gasteiger partial charge in [-0.05, 0) is 23.7 Å². The van der Waals surface area contributed by atoms with Gasteiger partial charge in [-0.1, -0.05) is 33.4 Å². The van der Waals surface area contributed by atoms with E-state index in [9.17, 15) is 4.79 Å². The van der Waals surface area contributed by atoms with Crippen molar-refractivity contribution < 1.29 is 14.0 Å². The second kappa shape index (κ2) is 6.17. The van der Waals surface area contributed by atoms with Crippen molar-refractivity contribution in [2.24, 2.45) is 0 Å². The van der Waals surface area contributed by atoms with Gasteiger partial charge in [0.2, 0.25) is 0 Å². The molecule has 0 saturated carbocycles. The highest BCUT2D eigenvalue weighted by atomic mass is 28.4. The molecule has 0 atom stereocenters. The average Bonchev–Trinajstić information content (AvgIpc) is 2.21. The molecule has 0 amide bonds. The Morgan fingerprint density at radius 2 is 1.82 bits per heavy atom. The summed E-state index contributed by atoms with van der Waals surface area (Å²) in [5.41, 5.74) is 0.778. The van der Waals surface area contributed by atoms with E-state index >= 15 is 0 Å². The molecule has 0 unspecified atom stereocenters. The fourth-order valence-electron chi connectivity index (χ4n) is 0.792. The van der Waals surface area contributed by atoms with Gasteiger partial charge in [-0.3, -0.25) is 0 Å². The molecule has 0 aliphatic carbocycles. The summed E-state index contributed by atoms with van der Waals surface area (Å²) in [7, 11) is -0.394. The molecule has 0 heterocycles. The lowest BCUT2D eigenvalue weighted by Crippen LogP contribution is -2.41. The van der Waals surface area contributed by atoms with Gasteiger partial charge in [0.05, 0.1) is 13.7 Å². The zero-order valence-corrected chi connectivity index (χ0v) is 12.8. The van der Waals surface area contributed by atoms with E-state index in [1.165, 1.54) is 13.2 Å². The predicted octanol–water partition coefficient (Wildman–Crippen LogP) is 3.29. The van der Waals surface area contributed by atoms with Gasteiger partial charge in [0, 0.05) is 6.08 Å². The van der Waals surface area contributed by atoms with E-state index in [-0.39, 0.29) is 11.0 Å². The molecule has 0 rings (SSSR count). The summed E-state index contributed by atoms with van der Waals surface area (Å²) in [4.78, 5) is 10.9. The van der Waals surface area contributed by atoms with Crippen LogP contribution in [0.3, 0.4) is 0 Å². The quantitative estimate of drug-likeness (QED) is 0.328. The van der Waals surface area contributed by atoms with Gasteiger partial charge < -0.3 is 9.16 Å². The number of carbonyl (C=O) groups is 1. The predicted molar refractivity (Wildman–Crippen MR) is 73.4 cm³/mol. The monoisotopic (exact) mass is 256 g/mol. The van der Waals surface area contributed by atoms with Gasteiger partial charge >= 0.3 is 5.97 Å². The number of carbonyl (C=O) groups excluding carboxylic acids is 1. The number of hydrogen-bond donors (Lipinski definition) is 0. The molecule has 0 fully saturated rings. The normalized spacial score (nSPS) is 12.8. The Balaban J connectivity index is 4.26. The first kappa shape index (κ1) is 16.1. The smallest absolute Gasteiger partial charge is 0.330 e. The summed E-state index contributed by atoms with van der Waals surface area (Å²) in [6.07, 6.45) is 3.00. The summed E-state index contributed by atoms with van der Waals surface area (Å²) >= 11 is 0. The highest BCUT2D eigenvalue weighted by Crippen LogP contribution is 2.36. The Morgan fingerprint density at radius 3 is 2.24 bits per heavy atom. The van der Waals surface area contributed by atoms with Gasteiger partial charge in [0.25, 0.3) is 0 Å². The maximum atomic E-state index is 10.9. The zero-order chi connectivity index (χ0) is 13.7. The van der Waals surface area contributed by atoms with E-state index in [0.717, 1.165) is 5.57 Å². The fourth-order valence-corrected chi connectivity index (χ4v) is 1.77. The maximum absolute atomic E-state index is 10.9. The third-order valence-corrected chi connectivity index (χ3v) is 7.56. The van der Waals surface area contributed by atoms with Crippen LogP contribution >= 0.6 is 0 Å². The third-order valence-electron chi connectivity index (χ3n) is 3.08. The molecule has 0 radical (unpaired) electrons. The van der Waals surface area contributed by atoms with Crippen LogP contribution in [-0.2, 0) is 14.0 Å². The summed E-state index contributed by atoms with van der Waals surface area (Å²) < 4.78 is 10.5. The van der Waals surface area contributed by atoms with Crippen molar-refractivity contribution >= 4 is 14.3 Å². The molecule has 0 N–H and O–H groups in total. The van der Waals surface area contributed by atoms with Crippen molar-refractivity contribution in [2.45, 2.75) is 38.9 Å². The number of methoxy groups -OCH3 is 1. The van der Waals surface area contributed by atoms with Crippen LogP contribution in [0.15, 0.2) is 24.3 Å². The largest absolute Gasteiger partial charge is 0.466 e. The van der Waals surface area contributed by atoms with E-state index in [1.807, 2.05) is 0 Å². The Morgan fingerprint density at radius 1 is 1.29 bits per heavy atom. The van der Waals surface area contributed by atoms with Crippen LogP contribution < -0.4 is 0 Å². The molecule has 0 aromatic carbocycles. The van der Waals surface area contributed by atoms with Crippen LogP contribution in [0.25, 0.3) is 0 Å². The molecule has 0 aromatic heterocycles. The SMILES string of the molecule is C=C(/C=C/C(=O)OC)CO[Si](C)(C)C(C)(C)C. The van der Waals surface area contributed by atoms with E-state index in [2.05, 4.69) is 45.2 Å². The van der Waals surface area contributed by atoms with Crippen molar-refractivity contribution in [3.8, 4) is 0 Å². The molecule has 4 heteroatoms. The molecule has 3 nitrogen and oxygen atoms in total. The molecule has 0 bridgehead atoms. The van der Waals surface area contributed by atoms with Crippen molar-refractivity contribution in [3.63, 3.8) is 0 Å². The molecular formula is C13H24O3Si. The summed E-state index contributed by atoms with van der Waals surface area (Å²) in [6, 6.07) is 0. The number of ether oxygens (including phenoxy) is 1. The molecule has 0 spiro atoms. The number of hydrogen-bond acceptors (Lipinski definition) is 3. The molecule has 0 saturated heterocycles. The highest BCUT2D eigenvalue weighted by Gasteiger charge is 2.36. The lowest BCUT2D eigenvalue weighted by atomic mass is 10.2.